The molecule has 5 rings (SSSR count). The molecule has 2 saturated heterocycles. The third-order valence-electron chi connectivity index (χ3n) is 7.01. The van der Waals surface area contributed by atoms with Gasteiger partial charge in [-0.1, -0.05) is 0 Å². The number of anilines is 1. The number of amides is 1. The van der Waals surface area contributed by atoms with Crippen LogP contribution >= 0.6 is 0 Å². The van der Waals surface area contributed by atoms with Crippen LogP contribution in [0.4, 0.5) is 5.69 Å². The van der Waals surface area contributed by atoms with Gasteiger partial charge >= 0.3 is 0 Å². The second-order valence-corrected chi connectivity index (χ2v) is 11.4. The van der Waals surface area contributed by atoms with Crippen LogP contribution in [0, 0.1) is 13.8 Å². The van der Waals surface area contributed by atoms with Gasteiger partial charge in [0.2, 0.25) is 10.0 Å². The van der Waals surface area contributed by atoms with Crippen molar-refractivity contribution in [1.82, 2.24) is 19.3 Å². The Balaban J connectivity index is 1.50. The highest BCUT2D eigenvalue weighted by Gasteiger charge is 2.28. The molecule has 200 valence electrons. The molecule has 0 atom stereocenters. The van der Waals surface area contributed by atoms with E-state index in [2.05, 4.69) is 25.0 Å². The predicted octanol–water partition coefficient (Wildman–Crippen LogP) is 2.87. The van der Waals surface area contributed by atoms with Crippen molar-refractivity contribution in [3.8, 4) is 5.69 Å². The van der Waals surface area contributed by atoms with E-state index in [1.54, 1.807) is 36.7 Å². The van der Waals surface area contributed by atoms with Crippen LogP contribution in [0.15, 0.2) is 58.8 Å². The van der Waals surface area contributed by atoms with Crippen LogP contribution in [0.5, 0.6) is 0 Å². The fraction of sp³-hybridized carbons (Fsp3) is 0.370. The first-order valence-corrected chi connectivity index (χ1v) is 14.2. The number of hydrogen-bond acceptors (Lipinski definition) is 7. The monoisotopic (exact) mass is 536 g/mol. The van der Waals surface area contributed by atoms with Gasteiger partial charge in [0.1, 0.15) is 0 Å². The highest BCUT2D eigenvalue weighted by molar-refractivity contribution is 7.89. The van der Waals surface area contributed by atoms with E-state index in [1.165, 1.54) is 10.5 Å². The van der Waals surface area contributed by atoms with Crippen LogP contribution in [0.2, 0.25) is 0 Å². The largest absolute Gasteiger partial charge is 0.379 e. The standard InChI is InChI=1S/C27H32N6O4S/c1-20-16-23(19-29-30-27(34)22-6-5-9-28-18-22)21(2)33(20)26-17-24(7-8-25(26)31-10-3-4-11-31)38(35,36)32-12-14-37-15-13-32/h5-9,16-19H,3-4,10-15H2,1-2H3,(H,30,34). The molecular weight excluding hydrogens is 504 g/mol. The number of hydrazone groups is 1. The van der Waals surface area contributed by atoms with Gasteiger partial charge in [-0.25, -0.2) is 13.8 Å². The lowest BCUT2D eigenvalue weighted by atomic mass is 10.2. The first-order chi connectivity index (χ1) is 18.4. The van der Waals surface area contributed by atoms with Crippen LogP contribution in [-0.2, 0) is 14.8 Å². The normalized spacial score (nSPS) is 16.8. The number of rotatable bonds is 7. The number of sulfonamides is 1. The molecule has 0 radical (unpaired) electrons. The Kier molecular flexibility index (Phi) is 7.59. The summed E-state index contributed by atoms with van der Waals surface area (Å²) in [4.78, 5) is 18.9. The second kappa shape index (κ2) is 11.1. The number of carbonyl (C=O) groups is 1. The van der Waals surface area contributed by atoms with E-state index in [0.29, 0.717) is 31.9 Å². The van der Waals surface area contributed by atoms with E-state index in [4.69, 9.17) is 4.74 Å². The van der Waals surface area contributed by atoms with Crippen molar-refractivity contribution in [1.29, 1.82) is 0 Å². The van der Waals surface area contributed by atoms with Crippen molar-refractivity contribution < 1.29 is 17.9 Å². The molecule has 11 heteroatoms. The van der Waals surface area contributed by atoms with Crippen LogP contribution in [-0.4, -0.2) is 73.8 Å². The molecular formula is C27H32N6O4S. The number of benzene rings is 1. The fourth-order valence-corrected chi connectivity index (χ4v) is 6.44. The summed E-state index contributed by atoms with van der Waals surface area (Å²) in [5.74, 6) is -0.347. The molecule has 4 heterocycles. The summed E-state index contributed by atoms with van der Waals surface area (Å²) in [6, 6.07) is 10.8. The minimum absolute atomic E-state index is 0.267. The summed E-state index contributed by atoms with van der Waals surface area (Å²) in [6.45, 7) is 7.29. The molecule has 0 unspecified atom stereocenters. The van der Waals surface area contributed by atoms with Gasteiger partial charge in [-0.2, -0.15) is 9.41 Å². The number of pyridine rings is 1. The SMILES string of the molecule is Cc1cc(C=NNC(=O)c2cccnc2)c(C)n1-c1cc(S(=O)(=O)N2CCOCC2)ccc1N1CCCC1. The lowest BCUT2D eigenvalue weighted by Crippen LogP contribution is -2.40. The topological polar surface area (TPSA) is 109 Å². The molecule has 3 aromatic rings. The molecule has 2 aliphatic rings. The van der Waals surface area contributed by atoms with Gasteiger partial charge in [0.05, 0.1) is 41.3 Å². The van der Waals surface area contributed by atoms with Crippen molar-refractivity contribution in [2.45, 2.75) is 31.6 Å². The lowest BCUT2D eigenvalue weighted by molar-refractivity contribution is 0.0730. The first kappa shape index (κ1) is 26.1. The van der Waals surface area contributed by atoms with Crippen molar-refractivity contribution >= 4 is 27.8 Å². The highest BCUT2D eigenvalue weighted by Crippen LogP contribution is 2.34. The molecule has 10 nitrogen and oxygen atoms in total. The van der Waals surface area contributed by atoms with E-state index >= 15 is 0 Å². The smallest absolute Gasteiger partial charge is 0.272 e. The Morgan fingerprint density at radius 1 is 1.05 bits per heavy atom. The Morgan fingerprint density at radius 2 is 1.82 bits per heavy atom. The van der Waals surface area contributed by atoms with Crippen LogP contribution in [0.3, 0.4) is 0 Å². The molecule has 0 aliphatic carbocycles. The molecule has 0 bridgehead atoms. The molecule has 1 aromatic carbocycles. The number of aromatic nitrogens is 2. The quantitative estimate of drug-likeness (QED) is 0.367. The molecule has 2 aromatic heterocycles. The summed E-state index contributed by atoms with van der Waals surface area (Å²) in [5, 5.41) is 4.15. The maximum Gasteiger partial charge on any atom is 0.272 e. The maximum absolute atomic E-state index is 13.5. The van der Waals surface area contributed by atoms with Gasteiger partial charge in [-0.3, -0.25) is 9.78 Å². The van der Waals surface area contributed by atoms with Crippen molar-refractivity contribution in [3.05, 3.63) is 71.3 Å². The highest BCUT2D eigenvalue weighted by atomic mass is 32.2. The van der Waals surface area contributed by atoms with Gasteiger partial charge in [0.25, 0.3) is 5.91 Å². The molecule has 38 heavy (non-hydrogen) atoms. The summed E-state index contributed by atoms with van der Waals surface area (Å²) in [5.41, 5.74) is 7.42. The van der Waals surface area contributed by atoms with Gasteiger partial charge in [-0.15, -0.1) is 0 Å². The minimum Gasteiger partial charge on any atom is -0.379 e. The van der Waals surface area contributed by atoms with Gasteiger partial charge in [-0.05, 0) is 63.1 Å². The van der Waals surface area contributed by atoms with Crippen molar-refractivity contribution in [2.24, 2.45) is 5.10 Å². The first-order valence-electron chi connectivity index (χ1n) is 12.8. The molecule has 2 fully saturated rings. The lowest BCUT2D eigenvalue weighted by Gasteiger charge is -2.28. The summed E-state index contributed by atoms with van der Waals surface area (Å²) in [6.07, 6.45) is 6.90. The third-order valence-corrected chi connectivity index (χ3v) is 8.90. The molecule has 0 spiro atoms. The number of morpholine rings is 1. The third kappa shape index (κ3) is 5.22. The Morgan fingerprint density at radius 3 is 2.53 bits per heavy atom. The Hall–Kier alpha value is -3.54. The molecule has 1 amide bonds. The van der Waals surface area contributed by atoms with E-state index in [9.17, 15) is 13.2 Å². The van der Waals surface area contributed by atoms with Crippen molar-refractivity contribution in [3.63, 3.8) is 0 Å². The van der Waals surface area contributed by atoms with E-state index in [0.717, 1.165) is 54.3 Å². The summed E-state index contributed by atoms with van der Waals surface area (Å²) >= 11 is 0. The van der Waals surface area contributed by atoms with Gasteiger partial charge in [0.15, 0.2) is 0 Å². The van der Waals surface area contributed by atoms with Gasteiger partial charge < -0.3 is 14.2 Å². The van der Waals surface area contributed by atoms with E-state index < -0.39 is 10.0 Å². The number of aryl methyl sites for hydroxylation is 1. The zero-order valence-corrected chi connectivity index (χ0v) is 22.4. The molecule has 0 saturated carbocycles. The number of carbonyl (C=O) groups excluding carboxylic acids is 1. The number of hydrogen-bond donors (Lipinski definition) is 1. The van der Waals surface area contributed by atoms with Crippen molar-refractivity contribution in [2.75, 3.05) is 44.3 Å². The fourth-order valence-electron chi connectivity index (χ4n) is 5.02. The number of ether oxygens (including phenoxy) is 1. The summed E-state index contributed by atoms with van der Waals surface area (Å²) in [7, 11) is -3.66. The Labute approximate surface area is 223 Å². The van der Waals surface area contributed by atoms with Crippen LogP contribution < -0.4 is 10.3 Å². The average Bonchev–Trinajstić information content (AvgIpc) is 3.57. The van der Waals surface area contributed by atoms with E-state index in [-0.39, 0.29) is 10.8 Å². The molecule has 1 N–H and O–H groups in total. The molecule has 2 aliphatic heterocycles. The second-order valence-electron chi connectivity index (χ2n) is 9.46. The van der Waals surface area contributed by atoms with Crippen LogP contribution in [0.1, 0.15) is 40.2 Å². The van der Waals surface area contributed by atoms with Gasteiger partial charge in [0, 0.05) is 55.5 Å². The number of nitrogens with one attached hydrogen (secondary N) is 1. The zero-order valence-electron chi connectivity index (χ0n) is 21.6. The van der Waals surface area contributed by atoms with E-state index in [1.807, 2.05) is 26.0 Å². The zero-order chi connectivity index (χ0) is 26.7. The average molecular weight is 537 g/mol. The van der Waals surface area contributed by atoms with Crippen LogP contribution in [0.25, 0.3) is 5.69 Å². The minimum atomic E-state index is -3.66. The number of nitrogens with zero attached hydrogens (tertiary/aromatic N) is 5. The predicted molar refractivity (Wildman–Crippen MR) is 146 cm³/mol. The maximum atomic E-state index is 13.5. The summed E-state index contributed by atoms with van der Waals surface area (Å²) < 4.78 is 35.9. The Bertz CT molecular complexity index is 1440.